The summed E-state index contributed by atoms with van der Waals surface area (Å²) in [6, 6.07) is 0. The summed E-state index contributed by atoms with van der Waals surface area (Å²) >= 11 is 0. The molecule has 1 fully saturated rings. The molecule has 0 radical (unpaired) electrons. The molecule has 0 atom stereocenters. The molecule has 0 amide bonds. The van der Waals surface area contributed by atoms with Crippen LogP contribution in [0.1, 0.15) is 77.6 Å². The fraction of sp³-hybridized carbons (Fsp3) is 0.684. The SMILES string of the molecule is C=CCC1(CC#CCCCCCCC)C(=O)CCCC1=O. The quantitative estimate of drug-likeness (QED) is 0.282. The first-order valence-electron chi connectivity index (χ1n) is 8.30. The number of ketones is 2. The monoisotopic (exact) mass is 288 g/mol. The van der Waals surface area contributed by atoms with E-state index >= 15 is 0 Å². The lowest BCUT2D eigenvalue weighted by atomic mass is 9.68. The van der Waals surface area contributed by atoms with Crippen LogP contribution in [0.2, 0.25) is 0 Å². The molecule has 2 nitrogen and oxygen atoms in total. The van der Waals surface area contributed by atoms with Gasteiger partial charge in [-0.05, 0) is 19.3 Å². The molecule has 0 aromatic carbocycles. The standard InChI is InChI=1S/C19H28O2/c1-3-5-6-7-8-9-10-11-16-19(15-4-2)17(20)13-12-14-18(19)21/h4H,2-3,5-9,12-16H2,1H3. The molecule has 1 saturated carbocycles. The van der Waals surface area contributed by atoms with Crippen LogP contribution in [0.25, 0.3) is 0 Å². The number of hydrogen-bond donors (Lipinski definition) is 0. The van der Waals surface area contributed by atoms with Gasteiger partial charge in [-0.1, -0.05) is 38.7 Å². The molecule has 0 aromatic rings. The molecule has 0 heterocycles. The summed E-state index contributed by atoms with van der Waals surface area (Å²) < 4.78 is 0. The van der Waals surface area contributed by atoms with Crippen LogP contribution in [-0.4, -0.2) is 11.6 Å². The van der Waals surface area contributed by atoms with E-state index in [2.05, 4.69) is 25.3 Å². The molecular formula is C19H28O2. The molecule has 116 valence electrons. The highest BCUT2D eigenvalue weighted by Gasteiger charge is 2.44. The minimum absolute atomic E-state index is 0.0656. The van der Waals surface area contributed by atoms with Crippen molar-refractivity contribution in [2.24, 2.45) is 5.41 Å². The second-order valence-electron chi connectivity index (χ2n) is 5.97. The first-order chi connectivity index (χ1) is 10.2. The Morgan fingerprint density at radius 2 is 1.76 bits per heavy atom. The van der Waals surface area contributed by atoms with Crippen molar-refractivity contribution in [2.75, 3.05) is 0 Å². The van der Waals surface area contributed by atoms with Gasteiger partial charge in [-0.15, -0.1) is 18.4 Å². The molecule has 21 heavy (non-hydrogen) atoms. The maximum atomic E-state index is 12.2. The first kappa shape index (κ1) is 17.7. The van der Waals surface area contributed by atoms with Crippen LogP contribution >= 0.6 is 0 Å². The van der Waals surface area contributed by atoms with E-state index in [1.54, 1.807) is 6.08 Å². The summed E-state index contributed by atoms with van der Waals surface area (Å²) in [5.41, 5.74) is -0.880. The highest BCUT2D eigenvalue weighted by Crippen LogP contribution is 2.36. The average molecular weight is 288 g/mol. The van der Waals surface area contributed by atoms with E-state index in [0.717, 1.165) is 12.8 Å². The number of allylic oxidation sites excluding steroid dienone is 1. The second kappa shape index (κ2) is 9.55. The van der Waals surface area contributed by atoms with E-state index in [1.807, 2.05) is 0 Å². The van der Waals surface area contributed by atoms with Gasteiger partial charge >= 0.3 is 0 Å². The summed E-state index contributed by atoms with van der Waals surface area (Å²) in [5.74, 6) is 6.37. The lowest BCUT2D eigenvalue weighted by Crippen LogP contribution is -2.41. The molecule has 0 spiro atoms. The van der Waals surface area contributed by atoms with E-state index in [9.17, 15) is 9.59 Å². The van der Waals surface area contributed by atoms with Gasteiger partial charge in [0.25, 0.3) is 0 Å². The fourth-order valence-electron chi connectivity index (χ4n) is 2.91. The number of Topliss-reactive ketones (excluding diaryl/α,β-unsaturated/α-hetero) is 2. The molecule has 1 aliphatic rings. The van der Waals surface area contributed by atoms with Crippen molar-refractivity contribution in [1.82, 2.24) is 0 Å². The Bertz CT molecular complexity index is 407. The van der Waals surface area contributed by atoms with Crippen LogP contribution < -0.4 is 0 Å². The maximum absolute atomic E-state index is 12.2. The molecule has 1 aliphatic carbocycles. The average Bonchev–Trinajstić information content (AvgIpc) is 2.47. The van der Waals surface area contributed by atoms with Gasteiger partial charge in [0.15, 0.2) is 0 Å². The van der Waals surface area contributed by atoms with Crippen LogP contribution in [-0.2, 0) is 9.59 Å². The van der Waals surface area contributed by atoms with Gasteiger partial charge in [-0.2, -0.15) is 0 Å². The van der Waals surface area contributed by atoms with Gasteiger partial charge < -0.3 is 0 Å². The molecule has 0 unspecified atom stereocenters. The summed E-state index contributed by atoms with van der Waals surface area (Å²) in [4.78, 5) is 24.4. The first-order valence-corrected chi connectivity index (χ1v) is 8.30. The Balaban J connectivity index is 2.50. The molecule has 0 saturated heterocycles. The zero-order valence-electron chi connectivity index (χ0n) is 13.4. The zero-order valence-corrected chi connectivity index (χ0v) is 13.4. The van der Waals surface area contributed by atoms with Crippen LogP contribution in [0.4, 0.5) is 0 Å². The summed E-state index contributed by atoms with van der Waals surface area (Å²) in [6.45, 7) is 5.91. The fourth-order valence-corrected chi connectivity index (χ4v) is 2.91. The van der Waals surface area contributed by atoms with Gasteiger partial charge in [0.05, 0.1) is 0 Å². The van der Waals surface area contributed by atoms with Crippen LogP contribution in [0.5, 0.6) is 0 Å². The van der Waals surface area contributed by atoms with Gasteiger partial charge in [0.1, 0.15) is 17.0 Å². The smallest absolute Gasteiger partial charge is 0.147 e. The molecule has 0 aromatic heterocycles. The minimum Gasteiger partial charge on any atom is -0.299 e. The summed E-state index contributed by atoms with van der Waals surface area (Å²) in [6.07, 6.45) is 11.2. The highest BCUT2D eigenvalue weighted by atomic mass is 16.2. The van der Waals surface area contributed by atoms with Crippen molar-refractivity contribution in [3.05, 3.63) is 12.7 Å². The third-order valence-corrected chi connectivity index (χ3v) is 4.29. The number of rotatable bonds is 8. The van der Waals surface area contributed by atoms with Crippen LogP contribution in [0.15, 0.2) is 12.7 Å². The third kappa shape index (κ3) is 5.16. The van der Waals surface area contributed by atoms with Crippen molar-refractivity contribution < 1.29 is 9.59 Å². The van der Waals surface area contributed by atoms with Crippen molar-refractivity contribution in [1.29, 1.82) is 0 Å². The lowest BCUT2D eigenvalue weighted by Gasteiger charge is -2.31. The summed E-state index contributed by atoms with van der Waals surface area (Å²) in [7, 11) is 0. The maximum Gasteiger partial charge on any atom is 0.147 e. The van der Waals surface area contributed by atoms with Crippen molar-refractivity contribution in [3.8, 4) is 11.8 Å². The topological polar surface area (TPSA) is 34.1 Å². The van der Waals surface area contributed by atoms with E-state index in [0.29, 0.717) is 32.1 Å². The van der Waals surface area contributed by atoms with Crippen LogP contribution in [0, 0.1) is 17.3 Å². The number of unbranched alkanes of at least 4 members (excludes halogenated alkanes) is 5. The minimum atomic E-state index is -0.880. The van der Waals surface area contributed by atoms with Crippen molar-refractivity contribution >= 4 is 11.6 Å². The molecule has 2 heteroatoms. The van der Waals surface area contributed by atoms with E-state index in [1.165, 1.54) is 25.7 Å². The molecule has 0 bridgehead atoms. The Morgan fingerprint density at radius 1 is 1.10 bits per heavy atom. The van der Waals surface area contributed by atoms with Crippen molar-refractivity contribution in [2.45, 2.75) is 77.6 Å². The number of carbonyl (C=O) groups excluding carboxylic acids is 2. The zero-order chi connectivity index (χ0) is 15.6. The molecule has 0 aliphatic heterocycles. The number of carbonyl (C=O) groups is 2. The Labute approximate surface area is 129 Å². The van der Waals surface area contributed by atoms with Crippen molar-refractivity contribution in [3.63, 3.8) is 0 Å². The lowest BCUT2D eigenvalue weighted by molar-refractivity contribution is -0.143. The molecule has 0 N–H and O–H groups in total. The molecule has 1 rings (SSSR count). The van der Waals surface area contributed by atoms with E-state index in [-0.39, 0.29) is 11.6 Å². The van der Waals surface area contributed by atoms with E-state index < -0.39 is 5.41 Å². The second-order valence-corrected chi connectivity index (χ2v) is 5.97. The number of hydrogen-bond acceptors (Lipinski definition) is 2. The summed E-state index contributed by atoms with van der Waals surface area (Å²) in [5, 5.41) is 0. The van der Waals surface area contributed by atoms with Crippen LogP contribution in [0.3, 0.4) is 0 Å². The Morgan fingerprint density at radius 3 is 2.38 bits per heavy atom. The molecular weight excluding hydrogens is 260 g/mol. The predicted molar refractivity (Wildman–Crippen MR) is 86.9 cm³/mol. The largest absolute Gasteiger partial charge is 0.299 e. The van der Waals surface area contributed by atoms with Gasteiger partial charge in [0, 0.05) is 25.7 Å². The normalized spacial score (nSPS) is 17.2. The Kier molecular flexibility index (Phi) is 8.05. The highest BCUT2D eigenvalue weighted by molar-refractivity contribution is 6.09. The van der Waals surface area contributed by atoms with Gasteiger partial charge in [-0.3, -0.25) is 9.59 Å². The van der Waals surface area contributed by atoms with E-state index in [4.69, 9.17) is 0 Å². The van der Waals surface area contributed by atoms with Gasteiger partial charge in [-0.25, -0.2) is 0 Å². The third-order valence-electron chi connectivity index (χ3n) is 4.29. The predicted octanol–water partition coefficient (Wildman–Crippen LogP) is 4.63. The Hall–Kier alpha value is -1.36. The van der Waals surface area contributed by atoms with Gasteiger partial charge in [0.2, 0.25) is 0 Å².